The number of hydrogen-bond donors (Lipinski definition) is 0. The van der Waals surface area contributed by atoms with E-state index in [4.69, 9.17) is 0 Å². The maximum absolute atomic E-state index is 11.2. The van der Waals surface area contributed by atoms with Crippen LogP contribution in [0, 0.1) is 10.1 Å². The van der Waals surface area contributed by atoms with Crippen molar-refractivity contribution in [3.8, 4) is 10.6 Å². The molecule has 4 aromatic rings. The average Bonchev–Trinajstić information content (AvgIpc) is 3.30. The zero-order valence-corrected chi connectivity index (χ0v) is 14.5. The summed E-state index contributed by atoms with van der Waals surface area (Å²) >= 11 is 3.23. The number of benzene rings is 1. The van der Waals surface area contributed by atoms with Crippen molar-refractivity contribution in [2.45, 2.75) is 0 Å². The number of fused-ring (bicyclic) bond motifs is 1. The Morgan fingerprint density at radius 2 is 1.88 bits per heavy atom. The Morgan fingerprint density at radius 3 is 2.68 bits per heavy atom. The van der Waals surface area contributed by atoms with Crippen LogP contribution in [-0.2, 0) is 0 Å². The number of thiazole rings is 1. The lowest BCUT2D eigenvalue weighted by molar-refractivity contribution is -0.383. The number of nitrogens with zero attached hydrogens (tertiary/aromatic N) is 3. The monoisotopic (exact) mass is 365 g/mol. The zero-order valence-electron chi connectivity index (χ0n) is 12.8. The number of non-ortho nitro benzene ring substituents is 1. The first-order chi connectivity index (χ1) is 12.2. The van der Waals surface area contributed by atoms with Gasteiger partial charge < -0.3 is 0 Å². The fraction of sp³-hybridized carbons (Fsp3) is 0. The van der Waals surface area contributed by atoms with E-state index in [0.717, 1.165) is 21.7 Å². The smallest absolute Gasteiger partial charge is 0.258 e. The van der Waals surface area contributed by atoms with Gasteiger partial charge in [-0.1, -0.05) is 18.2 Å². The van der Waals surface area contributed by atoms with E-state index in [1.165, 1.54) is 6.07 Å². The third kappa shape index (κ3) is 3.19. The van der Waals surface area contributed by atoms with Crippen molar-refractivity contribution >= 4 is 51.4 Å². The van der Waals surface area contributed by atoms with Gasteiger partial charge in [-0.25, -0.2) is 9.97 Å². The number of nitro benzene ring substituents is 1. The van der Waals surface area contributed by atoms with Gasteiger partial charge in [0.2, 0.25) is 0 Å². The van der Waals surface area contributed by atoms with Gasteiger partial charge in [-0.3, -0.25) is 10.1 Å². The number of hydrogen-bond acceptors (Lipinski definition) is 6. The molecule has 0 aliphatic rings. The molecule has 3 heterocycles. The van der Waals surface area contributed by atoms with Crippen molar-refractivity contribution in [1.82, 2.24) is 9.97 Å². The van der Waals surface area contributed by atoms with E-state index in [0.29, 0.717) is 11.2 Å². The molecule has 0 N–H and O–H groups in total. The molecule has 0 radical (unpaired) electrons. The zero-order chi connectivity index (χ0) is 17.2. The summed E-state index contributed by atoms with van der Waals surface area (Å²) in [5, 5.41) is 19.0. The molecule has 1 aromatic carbocycles. The third-order valence-electron chi connectivity index (χ3n) is 3.63. The number of pyridine rings is 1. The van der Waals surface area contributed by atoms with Crippen LogP contribution >= 0.6 is 22.7 Å². The number of thiophene rings is 1. The number of aromatic nitrogens is 2. The molecule has 0 aliphatic carbocycles. The Balaban J connectivity index is 1.65. The molecule has 0 aliphatic heterocycles. The molecule has 0 bridgehead atoms. The maximum Gasteiger partial charge on any atom is 0.295 e. The van der Waals surface area contributed by atoms with Crippen LogP contribution in [0.2, 0.25) is 0 Å². The molecular weight excluding hydrogens is 354 g/mol. The molecule has 25 heavy (non-hydrogen) atoms. The first-order valence-corrected chi connectivity index (χ1v) is 9.23. The van der Waals surface area contributed by atoms with Gasteiger partial charge in [0.05, 0.1) is 16.3 Å². The third-order valence-corrected chi connectivity index (χ3v) is 5.22. The van der Waals surface area contributed by atoms with Gasteiger partial charge >= 0.3 is 0 Å². The summed E-state index contributed by atoms with van der Waals surface area (Å²) in [7, 11) is 0. The molecule has 7 heteroatoms. The lowest BCUT2D eigenvalue weighted by atomic mass is 10.1. The van der Waals surface area contributed by atoms with Crippen LogP contribution in [0.3, 0.4) is 0 Å². The molecule has 0 atom stereocenters. The van der Waals surface area contributed by atoms with Crippen LogP contribution < -0.4 is 0 Å². The molecule has 0 fully saturated rings. The van der Waals surface area contributed by atoms with Gasteiger partial charge in [0.15, 0.2) is 0 Å². The van der Waals surface area contributed by atoms with Crippen molar-refractivity contribution in [3.05, 3.63) is 74.0 Å². The highest BCUT2D eigenvalue weighted by Gasteiger charge is 2.12. The lowest BCUT2D eigenvalue weighted by Crippen LogP contribution is -1.92. The Bertz CT molecular complexity index is 1080. The number of rotatable bonds is 4. The molecule has 0 saturated heterocycles. The fourth-order valence-corrected chi connectivity index (χ4v) is 3.94. The quantitative estimate of drug-likeness (QED) is 0.354. The summed E-state index contributed by atoms with van der Waals surface area (Å²) in [6.45, 7) is 0. The normalized spacial score (nSPS) is 11.4. The van der Waals surface area contributed by atoms with E-state index in [1.54, 1.807) is 28.7 Å². The van der Waals surface area contributed by atoms with Crippen LogP contribution in [-0.4, -0.2) is 14.9 Å². The minimum Gasteiger partial charge on any atom is -0.258 e. The molecular formula is C18H11N3O2S2. The summed E-state index contributed by atoms with van der Waals surface area (Å²) in [4.78, 5) is 19.7. The summed E-state index contributed by atoms with van der Waals surface area (Å²) in [6, 6.07) is 10.7. The SMILES string of the molecule is O=[N+]([O-])c1cccc2ccc(/C=C/c3csc(-c4ccsc4)n3)nc12. The molecule has 0 spiro atoms. The Labute approximate surface area is 151 Å². The van der Waals surface area contributed by atoms with Crippen LogP contribution in [0.25, 0.3) is 33.6 Å². The standard InChI is InChI=1S/C18H11N3O2S2/c22-21(23)16-3-1-2-12-4-5-14(19-17(12)16)6-7-15-11-25-18(20-15)13-8-9-24-10-13/h1-11H/b7-6+. The van der Waals surface area contributed by atoms with Crippen LogP contribution in [0.4, 0.5) is 5.69 Å². The van der Waals surface area contributed by atoms with Gasteiger partial charge in [-0.05, 0) is 29.7 Å². The molecule has 4 rings (SSSR count). The van der Waals surface area contributed by atoms with Crippen LogP contribution in [0.1, 0.15) is 11.4 Å². The first-order valence-electron chi connectivity index (χ1n) is 7.41. The van der Waals surface area contributed by atoms with Crippen LogP contribution in [0.5, 0.6) is 0 Å². The van der Waals surface area contributed by atoms with Gasteiger partial charge in [-0.2, -0.15) is 11.3 Å². The molecule has 0 amide bonds. The predicted molar refractivity (Wildman–Crippen MR) is 103 cm³/mol. The van der Waals surface area contributed by atoms with Crippen molar-refractivity contribution in [3.63, 3.8) is 0 Å². The first kappa shape index (κ1) is 15.6. The van der Waals surface area contributed by atoms with E-state index in [2.05, 4.69) is 15.3 Å². The fourth-order valence-electron chi connectivity index (χ4n) is 2.44. The van der Waals surface area contributed by atoms with Crippen molar-refractivity contribution in [1.29, 1.82) is 0 Å². The molecule has 0 unspecified atom stereocenters. The van der Waals surface area contributed by atoms with E-state index < -0.39 is 4.92 Å². The number of nitro groups is 1. The Morgan fingerprint density at radius 1 is 1.00 bits per heavy atom. The van der Waals surface area contributed by atoms with E-state index in [1.807, 2.05) is 47.2 Å². The largest absolute Gasteiger partial charge is 0.295 e. The van der Waals surface area contributed by atoms with Gasteiger partial charge in [-0.15, -0.1) is 11.3 Å². The van der Waals surface area contributed by atoms with Crippen molar-refractivity contribution < 1.29 is 4.92 Å². The lowest BCUT2D eigenvalue weighted by Gasteiger charge is -2.00. The average molecular weight is 365 g/mol. The minimum atomic E-state index is -0.406. The Hall–Kier alpha value is -2.90. The highest BCUT2D eigenvalue weighted by molar-refractivity contribution is 7.14. The molecule has 0 saturated carbocycles. The maximum atomic E-state index is 11.2. The second-order valence-corrected chi connectivity index (χ2v) is 6.90. The second-order valence-electron chi connectivity index (χ2n) is 5.26. The highest BCUT2D eigenvalue weighted by Crippen LogP contribution is 2.27. The summed E-state index contributed by atoms with van der Waals surface area (Å²) < 4.78 is 0. The van der Waals surface area contributed by atoms with Gasteiger partial charge in [0.25, 0.3) is 5.69 Å². The van der Waals surface area contributed by atoms with E-state index in [-0.39, 0.29) is 5.69 Å². The minimum absolute atomic E-state index is 0.0150. The summed E-state index contributed by atoms with van der Waals surface area (Å²) in [5.74, 6) is 0. The topological polar surface area (TPSA) is 68.9 Å². The second kappa shape index (κ2) is 6.54. The van der Waals surface area contributed by atoms with Crippen LogP contribution in [0.15, 0.2) is 52.5 Å². The molecule has 3 aromatic heterocycles. The van der Waals surface area contributed by atoms with Gasteiger partial charge in [0, 0.05) is 27.8 Å². The number of para-hydroxylation sites is 1. The Kier molecular flexibility index (Phi) is 4.09. The summed E-state index contributed by atoms with van der Waals surface area (Å²) in [5.41, 5.74) is 3.03. The van der Waals surface area contributed by atoms with Crippen molar-refractivity contribution in [2.75, 3.05) is 0 Å². The van der Waals surface area contributed by atoms with E-state index >= 15 is 0 Å². The van der Waals surface area contributed by atoms with Crippen molar-refractivity contribution in [2.24, 2.45) is 0 Å². The molecule has 5 nitrogen and oxygen atoms in total. The van der Waals surface area contributed by atoms with E-state index in [9.17, 15) is 10.1 Å². The predicted octanol–water partition coefficient (Wildman–Crippen LogP) is 5.50. The summed E-state index contributed by atoms with van der Waals surface area (Å²) in [6.07, 6.45) is 3.69. The van der Waals surface area contributed by atoms with Gasteiger partial charge in [0.1, 0.15) is 10.5 Å². The molecule has 122 valence electrons. The highest BCUT2D eigenvalue weighted by atomic mass is 32.1.